The Morgan fingerprint density at radius 1 is 1.29 bits per heavy atom. The molecule has 3 nitrogen and oxygen atoms in total. The third-order valence-electron chi connectivity index (χ3n) is 2.67. The maximum absolute atomic E-state index is 5.54. The number of ether oxygens (including phenoxy) is 1. The molecule has 4 heteroatoms. The van der Waals surface area contributed by atoms with E-state index in [-0.39, 0.29) is 0 Å². The number of hydrogen-bond donors (Lipinski definition) is 0. The van der Waals surface area contributed by atoms with Gasteiger partial charge >= 0.3 is 0 Å². The molecule has 1 heterocycles. The Balaban J connectivity index is 2.88. The van der Waals surface area contributed by atoms with Crippen LogP contribution in [0.1, 0.15) is 45.7 Å². The summed E-state index contributed by atoms with van der Waals surface area (Å²) in [6.07, 6.45) is 2.58. The predicted octanol–water partition coefficient (Wildman–Crippen LogP) is 3.79. The highest BCUT2D eigenvalue weighted by molar-refractivity contribution is 9.09. The van der Waals surface area contributed by atoms with E-state index in [1.54, 1.807) is 6.33 Å². The number of halogens is 1. The highest BCUT2D eigenvalue weighted by atomic mass is 79.9. The number of rotatable bonds is 6. The van der Waals surface area contributed by atoms with Crippen molar-refractivity contribution in [2.75, 3.05) is 6.61 Å². The molecule has 0 aromatic carbocycles. The van der Waals surface area contributed by atoms with Crippen LogP contribution in [0, 0.1) is 5.92 Å². The molecular formula is C13H21BrN2O. The van der Waals surface area contributed by atoms with Crippen molar-refractivity contribution >= 4 is 15.9 Å². The van der Waals surface area contributed by atoms with Gasteiger partial charge in [-0.25, -0.2) is 9.97 Å². The zero-order valence-corrected chi connectivity index (χ0v) is 12.6. The van der Waals surface area contributed by atoms with E-state index in [4.69, 9.17) is 4.74 Å². The first-order valence-electron chi connectivity index (χ1n) is 6.15. The molecule has 96 valence electrons. The first-order chi connectivity index (χ1) is 8.06. The van der Waals surface area contributed by atoms with Gasteiger partial charge in [0.15, 0.2) is 0 Å². The van der Waals surface area contributed by atoms with Gasteiger partial charge in [-0.2, -0.15) is 0 Å². The van der Waals surface area contributed by atoms with E-state index in [1.165, 1.54) is 0 Å². The summed E-state index contributed by atoms with van der Waals surface area (Å²) in [6, 6.07) is 1.96. The fraction of sp³-hybridized carbons (Fsp3) is 0.692. The van der Waals surface area contributed by atoms with Gasteiger partial charge in [-0.15, -0.1) is 0 Å². The summed E-state index contributed by atoms with van der Waals surface area (Å²) in [5.41, 5.74) is 1.05. The molecule has 0 aliphatic rings. The van der Waals surface area contributed by atoms with Crippen molar-refractivity contribution in [3.8, 4) is 5.88 Å². The third kappa shape index (κ3) is 4.26. The molecule has 0 spiro atoms. The van der Waals surface area contributed by atoms with E-state index in [9.17, 15) is 0 Å². The number of hydrogen-bond acceptors (Lipinski definition) is 3. The molecule has 2 unspecified atom stereocenters. The van der Waals surface area contributed by atoms with Gasteiger partial charge in [-0.05, 0) is 12.3 Å². The summed E-state index contributed by atoms with van der Waals surface area (Å²) in [5.74, 6) is 1.58. The van der Waals surface area contributed by atoms with Gasteiger partial charge in [0, 0.05) is 16.8 Å². The van der Waals surface area contributed by atoms with E-state index in [1.807, 2.05) is 6.07 Å². The van der Waals surface area contributed by atoms with E-state index in [2.05, 4.69) is 53.6 Å². The molecule has 1 rings (SSSR count). The second-order valence-corrected chi connectivity index (χ2v) is 6.02. The second kappa shape index (κ2) is 6.94. The minimum absolute atomic E-state index is 0.377. The quantitative estimate of drug-likeness (QED) is 0.750. The van der Waals surface area contributed by atoms with Crippen LogP contribution in [0.2, 0.25) is 0 Å². The van der Waals surface area contributed by atoms with Crippen LogP contribution >= 0.6 is 15.9 Å². The van der Waals surface area contributed by atoms with E-state index in [0.717, 1.165) is 12.1 Å². The van der Waals surface area contributed by atoms with E-state index >= 15 is 0 Å². The van der Waals surface area contributed by atoms with Gasteiger partial charge in [0.05, 0.1) is 12.3 Å². The first kappa shape index (κ1) is 14.4. The lowest BCUT2D eigenvalue weighted by atomic mass is 9.90. The molecule has 0 bridgehead atoms. The van der Waals surface area contributed by atoms with Gasteiger partial charge in [0.25, 0.3) is 0 Å². The molecular weight excluding hydrogens is 280 g/mol. The summed E-state index contributed by atoms with van der Waals surface area (Å²) in [5, 5.41) is 0. The Kier molecular flexibility index (Phi) is 5.89. The van der Waals surface area contributed by atoms with Crippen molar-refractivity contribution in [3.05, 3.63) is 18.1 Å². The van der Waals surface area contributed by atoms with Gasteiger partial charge in [-0.1, -0.05) is 43.6 Å². The lowest BCUT2D eigenvalue weighted by Gasteiger charge is -2.23. The molecule has 17 heavy (non-hydrogen) atoms. The average Bonchev–Trinajstić information content (AvgIpc) is 2.26. The SMILES string of the molecule is CCCOc1cc(C(C(C)C)C(C)Br)ncn1. The van der Waals surface area contributed by atoms with Gasteiger partial charge in [0.1, 0.15) is 6.33 Å². The maximum Gasteiger partial charge on any atom is 0.216 e. The Labute approximate surface area is 112 Å². The minimum atomic E-state index is 0.377. The lowest BCUT2D eigenvalue weighted by molar-refractivity contribution is 0.303. The zero-order valence-electron chi connectivity index (χ0n) is 11.0. The maximum atomic E-state index is 5.54. The molecule has 1 aromatic rings. The molecule has 1 aromatic heterocycles. The summed E-state index contributed by atoms with van der Waals surface area (Å²) in [4.78, 5) is 8.88. The number of alkyl halides is 1. The molecule has 0 aliphatic heterocycles. The van der Waals surface area contributed by atoms with Crippen molar-refractivity contribution < 1.29 is 4.74 Å². The number of aromatic nitrogens is 2. The van der Waals surface area contributed by atoms with Crippen LogP contribution in [0.4, 0.5) is 0 Å². The molecule has 0 saturated heterocycles. The van der Waals surface area contributed by atoms with Crippen molar-refractivity contribution in [2.24, 2.45) is 5.92 Å². The van der Waals surface area contributed by atoms with Crippen LogP contribution in [-0.2, 0) is 0 Å². The Morgan fingerprint density at radius 2 is 2.00 bits per heavy atom. The topological polar surface area (TPSA) is 35.0 Å². The summed E-state index contributed by atoms with van der Waals surface area (Å²) >= 11 is 3.65. The van der Waals surface area contributed by atoms with Crippen LogP contribution in [0.15, 0.2) is 12.4 Å². The van der Waals surface area contributed by atoms with Gasteiger partial charge in [-0.3, -0.25) is 0 Å². The highest BCUT2D eigenvalue weighted by Gasteiger charge is 2.22. The third-order valence-corrected chi connectivity index (χ3v) is 3.24. The monoisotopic (exact) mass is 300 g/mol. The van der Waals surface area contributed by atoms with Crippen LogP contribution in [0.5, 0.6) is 5.88 Å². The smallest absolute Gasteiger partial charge is 0.216 e. The molecule has 0 aliphatic carbocycles. The summed E-state index contributed by atoms with van der Waals surface area (Å²) in [6.45, 7) is 9.35. The lowest BCUT2D eigenvalue weighted by Crippen LogP contribution is -2.17. The minimum Gasteiger partial charge on any atom is -0.478 e. The second-order valence-electron chi connectivity index (χ2n) is 4.58. The molecule has 0 radical (unpaired) electrons. The van der Waals surface area contributed by atoms with Gasteiger partial charge in [0.2, 0.25) is 5.88 Å². The first-order valence-corrected chi connectivity index (χ1v) is 7.06. The van der Waals surface area contributed by atoms with Crippen LogP contribution in [0.3, 0.4) is 0 Å². The van der Waals surface area contributed by atoms with E-state index in [0.29, 0.717) is 29.1 Å². The van der Waals surface area contributed by atoms with Crippen molar-refractivity contribution in [1.29, 1.82) is 0 Å². The zero-order chi connectivity index (χ0) is 12.8. The average molecular weight is 301 g/mol. The molecule has 0 amide bonds. The Hall–Kier alpha value is -0.640. The largest absolute Gasteiger partial charge is 0.478 e. The normalized spacial score (nSPS) is 14.7. The van der Waals surface area contributed by atoms with Crippen LogP contribution in [-0.4, -0.2) is 21.4 Å². The van der Waals surface area contributed by atoms with Crippen LogP contribution in [0.25, 0.3) is 0 Å². The fourth-order valence-corrected chi connectivity index (χ4v) is 2.81. The molecule has 2 atom stereocenters. The van der Waals surface area contributed by atoms with Crippen molar-refractivity contribution in [2.45, 2.75) is 44.9 Å². The molecule has 0 fully saturated rings. The predicted molar refractivity (Wildman–Crippen MR) is 73.8 cm³/mol. The Morgan fingerprint density at radius 3 is 2.53 bits per heavy atom. The summed E-state index contributed by atoms with van der Waals surface area (Å²) in [7, 11) is 0. The standard InChI is InChI=1S/C13H21BrN2O/c1-5-6-17-12-7-11(15-8-16-12)13(9(2)3)10(4)14/h7-10,13H,5-6H2,1-4H3. The Bertz CT molecular complexity index is 334. The molecule has 0 saturated carbocycles. The van der Waals surface area contributed by atoms with E-state index < -0.39 is 0 Å². The number of nitrogens with zero attached hydrogens (tertiary/aromatic N) is 2. The van der Waals surface area contributed by atoms with Crippen molar-refractivity contribution in [3.63, 3.8) is 0 Å². The van der Waals surface area contributed by atoms with Crippen LogP contribution < -0.4 is 4.74 Å². The summed E-state index contributed by atoms with van der Waals surface area (Å²) < 4.78 is 5.54. The molecule has 0 N–H and O–H groups in total. The van der Waals surface area contributed by atoms with Crippen molar-refractivity contribution in [1.82, 2.24) is 9.97 Å². The highest BCUT2D eigenvalue weighted by Crippen LogP contribution is 2.31. The fourth-order valence-electron chi connectivity index (χ4n) is 1.93. The van der Waals surface area contributed by atoms with Gasteiger partial charge < -0.3 is 4.74 Å².